The second-order valence-electron chi connectivity index (χ2n) is 4.61. The molecule has 101 valence electrons. The Bertz CT molecular complexity index is 481. The van der Waals surface area contributed by atoms with Crippen molar-refractivity contribution in [2.24, 2.45) is 5.16 Å². The van der Waals surface area contributed by atoms with Gasteiger partial charge in [0, 0.05) is 24.5 Å². The summed E-state index contributed by atoms with van der Waals surface area (Å²) >= 11 is 0. The Morgan fingerprint density at radius 3 is 2.95 bits per heavy atom. The van der Waals surface area contributed by atoms with Crippen LogP contribution in [0.2, 0.25) is 0 Å². The maximum absolute atomic E-state index is 12.0. The second kappa shape index (κ2) is 4.77. The Morgan fingerprint density at radius 2 is 2.32 bits per heavy atom. The van der Waals surface area contributed by atoms with E-state index < -0.39 is 6.61 Å². The number of rotatable bonds is 3. The monoisotopic (exact) mass is 268 g/mol. The molecule has 0 amide bonds. The molecule has 1 radical (unpaired) electrons. The summed E-state index contributed by atoms with van der Waals surface area (Å²) in [5.41, 5.74) is 1.24. The first-order valence-corrected chi connectivity index (χ1v) is 5.97. The summed E-state index contributed by atoms with van der Waals surface area (Å²) in [7, 11) is 0. The Labute approximate surface area is 108 Å². The van der Waals surface area contributed by atoms with Crippen LogP contribution in [-0.4, -0.2) is 31.1 Å². The molecule has 0 N–H and O–H groups in total. The van der Waals surface area contributed by atoms with Crippen molar-refractivity contribution in [3.63, 3.8) is 0 Å². The summed E-state index contributed by atoms with van der Waals surface area (Å²) in [6, 6.07) is 7.35. The Hall–Kier alpha value is -1.69. The van der Waals surface area contributed by atoms with Crippen LogP contribution in [0.5, 0.6) is 5.75 Å². The predicted octanol–water partition coefficient (Wildman–Crippen LogP) is 2.37. The van der Waals surface area contributed by atoms with Crippen molar-refractivity contribution in [1.29, 1.82) is 0 Å². The van der Waals surface area contributed by atoms with Gasteiger partial charge >= 0.3 is 6.61 Å². The zero-order chi connectivity index (χ0) is 13.3. The van der Waals surface area contributed by atoms with Crippen LogP contribution in [0.25, 0.3) is 0 Å². The van der Waals surface area contributed by atoms with Gasteiger partial charge in [-0.05, 0) is 18.2 Å². The summed E-state index contributed by atoms with van der Waals surface area (Å²) in [5.74, 6) is 0.0113. The highest BCUT2D eigenvalue weighted by atomic mass is 19.3. The van der Waals surface area contributed by atoms with Crippen molar-refractivity contribution in [3.05, 3.63) is 29.8 Å². The van der Waals surface area contributed by atoms with E-state index in [4.69, 9.17) is 9.57 Å². The molecule has 1 aromatic rings. The fourth-order valence-electron chi connectivity index (χ4n) is 2.24. The average Bonchev–Trinajstić information content (AvgIpc) is 3.01. The number of hydrogen-bond acceptors (Lipinski definition) is 4. The summed E-state index contributed by atoms with van der Waals surface area (Å²) < 4.78 is 33.6. The third-order valence-corrected chi connectivity index (χ3v) is 3.24. The Kier molecular flexibility index (Phi) is 3.10. The molecule has 3 rings (SSSR count). The molecule has 2 aliphatic rings. The maximum Gasteiger partial charge on any atom is 0.387 e. The molecule has 1 aromatic carbocycles. The van der Waals surface area contributed by atoms with Crippen molar-refractivity contribution in [2.45, 2.75) is 25.1 Å². The molecule has 0 aromatic heterocycles. The molecule has 19 heavy (non-hydrogen) atoms. The van der Waals surface area contributed by atoms with Crippen LogP contribution in [0.4, 0.5) is 8.78 Å². The number of oxime groups is 1. The zero-order valence-electron chi connectivity index (χ0n) is 10.1. The van der Waals surface area contributed by atoms with Crippen molar-refractivity contribution in [1.82, 2.24) is 0 Å². The van der Waals surface area contributed by atoms with Gasteiger partial charge in [-0.1, -0.05) is 5.16 Å². The van der Waals surface area contributed by atoms with Gasteiger partial charge in [0.25, 0.3) is 0 Å². The molecule has 6 heteroatoms. The minimum atomic E-state index is -2.84. The van der Waals surface area contributed by atoms with Crippen LogP contribution >= 0.6 is 0 Å². The third-order valence-electron chi connectivity index (χ3n) is 3.24. The largest absolute Gasteiger partial charge is 0.434 e. The van der Waals surface area contributed by atoms with Gasteiger partial charge in [0.1, 0.15) is 5.75 Å². The molecule has 1 saturated heterocycles. The van der Waals surface area contributed by atoms with E-state index in [0.717, 1.165) is 17.7 Å². The molecular formula is C13H12F2NO3. The smallest absolute Gasteiger partial charge is 0.387 e. The molecular weight excluding hydrogens is 256 g/mol. The average molecular weight is 268 g/mol. The molecule has 0 bridgehead atoms. The molecule has 2 heterocycles. The Morgan fingerprint density at radius 1 is 1.42 bits per heavy atom. The topological polar surface area (TPSA) is 40.0 Å². The standard InChI is InChI=1S/C13H12F2NO3/c14-12(15)18-10-3-1-9(2-4-10)11-7-13(19-16-11)5-6-17-8-13/h1-3,12H,5-8H2. The van der Waals surface area contributed by atoms with Gasteiger partial charge in [0.15, 0.2) is 5.60 Å². The van der Waals surface area contributed by atoms with E-state index in [9.17, 15) is 8.78 Å². The van der Waals surface area contributed by atoms with Crippen molar-refractivity contribution >= 4 is 5.71 Å². The predicted molar refractivity (Wildman–Crippen MR) is 62.3 cm³/mol. The molecule has 0 aliphatic carbocycles. The van der Waals surface area contributed by atoms with Crippen LogP contribution in [-0.2, 0) is 9.57 Å². The van der Waals surface area contributed by atoms with Gasteiger partial charge in [-0.3, -0.25) is 0 Å². The molecule has 1 fully saturated rings. The highest BCUT2D eigenvalue weighted by Gasteiger charge is 2.43. The van der Waals surface area contributed by atoms with E-state index in [0.29, 0.717) is 19.6 Å². The number of ether oxygens (including phenoxy) is 2. The minimum absolute atomic E-state index is 0.0113. The lowest BCUT2D eigenvalue weighted by atomic mass is 9.94. The highest BCUT2D eigenvalue weighted by Crippen LogP contribution is 2.34. The summed E-state index contributed by atoms with van der Waals surface area (Å²) in [4.78, 5) is 5.46. The molecule has 0 saturated carbocycles. The fourth-order valence-corrected chi connectivity index (χ4v) is 2.24. The molecule has 1 spiro atoms. The van der Waals surface area contributed by atoms with E-state index in [1.807, 2.05) is 0 Å². The molecule has 2 aliphatic heterocycles. The van der Waals surface area contributed by atoms with Gasteiger partial charge in [-0.15, -0.1) is 0 Å². The first-order chi connectivity index (χ1) is 9.17. The van der Waals surface area contributed by atoms with E-state index in [1.165, 1.54) is 6.07 Å². The lowest BCUT2D eigenvalue weighted by Gasteiger charge is -2.17. The quantitative estimate of drug-likeness (QED) is 0.845. The van der Waals surface area contributed by atoms with Crippen LogP contribution in [0.3, 0.4) is 0 Å². The van der Waals surface area contributed by atoms with Crippen LogP contribution in [0.1, 0.15) is 18.4 Å². The minimum Gasteiger partial charge on any atom is -0.434 e. The van der Waals surface area contributed by atoms with E-state index in [2.05, 4.69) is 16.0 Å². The summed E-state index contributed by atoms with van der Waals surface area (Å²) in [6.07, 6.45) is 1.48. The van der Waals surface area contributed by atoms with Crippen LogP contribution in [0.15, 0.2) is 23.4 Å². The number of benzene rings is 1. The Balaban J connectivity index is 1.70. The van der Waals surface area contributed by atoms with Crippen LogP contribution in [0, 0.1) is 6.07 Å². The molecule has 1 atom stereocenters. The van der Waals surface area contributed by atoms with E-state index in [-0.39, 0.29) is 11.4 Å². The maximum atomic E-state index is 12.0. The SMILES string of the molecule is FC(F)Oc1[c]cc(C2=NOC3(CCOC3)C2)cc1. The summed E-state index contributed by atoms with van der Waals surface area (Å²) in [5, 5.41) is 4.06. The van der Waals surface area contributed by atoms with E-state index in [1.54, 1.807) is 12.1 Å². The zero-order valence-corrected chi connectivity index (χ0v) is 10.1. The van der Waals surface area contributed by atoms with E-state index >= 15 is 0 Å². The second-order valence-corrected chi connectivity index (χ2v) is 4.61. The highest BCUT2D eigenvalue weighted by molar-refractivity contribution is 6.01. The van der Waals surface area contributed by atoms with Gasteiger partial charge in [0.05, 0.1) is 18.9 Å². The number of nitrogens with zero attached hydrogens (tertiary/aromatic N) is 1. The molecule has 1 unspecified atom stereocenters. The molecule has 4 nitrogen and oxygen atoms in total. The first kappa shape index (κ1) is 12.3. The normalized spacial score (nSPS) is 25.7. The first-order valence-electron chi connectivity index (χ1n) is 5.97. The van der Waals surface area contributed by atoms with Crippen molar-refractivity contribution in [3.8, 4) is 5.75 Å². The lowest BCUT2D eigenvalue weighted by molar-refractivity contribution is -0.0500. The van der Waals surface area contributed by atoms with Gasteiger partial charge in [-0.25, -0.2) is 0 Å². The fraction of sp³-hybridized carbons (Fsp3) is 0.462. The van der Waals surface area contributed by atoms with Crippen molar-refractivity contribution in [2.75, 3.05) is 13.2 Å². The van der Waals surface area contributed by atoms with Gasteiger partial charge in [-0.2, -0.15) is 8.78 Å². The summed E-state index contributed by atoms with van der Waals surface area (Å²) in [6.45, 7) is -1.63. The number of halogens is 2. The number of alkyl halides is 2. The van der Waals surface area contributed by atoms with Gasteiger partial charge in [0.2, 0.25) is 0 Å². The van der Waals surface area contributed by atoms with Gasteiger partial charge < -0.3 is 14.3 Å². The lowest BCUT2D eigenvalue weighted by Crippen LogP contribution is -2.29. The van der Waals surface area contributed by atoms with Crippen molar-refractivity contribution < 1.29 is 23.1 Å². The number of hydrogen-bond donors (Lipinski definition) is 0. The van der Waals surface area contributed by atoms with Crippen LogP contribution < -0.4 is 4.74 Å². The third kappa shape index (κ3) is 2.53.